The highest BCUT2D eigenvalue weighted by atomic mass is 16.4. The summed E-state index contributed by atoms with van der Waals surface area (Å²) in [5, 5.41) is 17.9. The van der Waals surface area contributed by atoms with Crippen molar-refractivity contribution in [2.24, 2.45) is 0 Å². The Balaban J connectivity index is 2.77. The number of pyridine rings is 1. The lowest BCUT2D eigenvalue weighted by atomic mass is 10.2. The van der Waals surface area contributed by atoms with Crippen molar-refractivity contribution in [3.8, 4) is 0 Å². The van der Waals surface area contributed by atoms with Crippen LogP contribution in [-0.2, 0) is 0 Å². The molecule has 2 N–H and O–H groups in total. The molecule has 1 aromatic heterocycles. The Bertz CT molecular complexity index is 445. The van der Waals surface area contributed by atoms with Crippen LogP contribution in [0, 0.1) is 0 Å². The molecule has 0 saturated heterocycles. The smallest absolute Gasteiger partial charge is 0.354 e. The molecular weight excluding hydrogens is 236 g/mol. The van der Waals surface area contributed by atoms with E-state index in [1.807, 2.05) is 0 Å². The number of carboxylic acids is 1. The van der Waals surface area contributed by atoms with Gasteiger partial charge in [0.25, 0.3) is 5.91 Å². The van der Waals surface area contributed by atoms with E-state index in [-0.39, 0.29) is 17.3 Å². The van der Waals surface area contributed by atoms with E-state index in [4.69, 9.17) is 10.2 Å². The van der Waals surface area contributed by atoms with Crippen molar-refractivity contribution in [3.63, 3.8) is 0 Å². The summed E-state index contributed by atoms with van der Waals surface area (Å²) in [6.45, 7) is 2.02. The molecule has 0 aromatic carbocycles. The van der Waals surface area contributed by atoms with E-state index in [0.29, 0.717) is 13.0 Å². The Morgan fingerprint density at radius 3 is 2.56 bits per heavy atom. The Kier molecular flexibility index (Phi) is 4.79. The highest BCUT2D eigenvalue weighted by Gasteiger charge is 2.15. The number of carboxylic acid groups (broad SMARTS) is 1. The minimum Gasteiger partial charge on any atom is -0.477 e. The number of hydrogen-bond acceptors (Lipinski definition) is 4. The van der Waals surface area contributed by atoms with Crippen molar-refractivity contribution >= 4 is 11.9 Å². The van der Waals surface area contributed by atoms with Gasteiger partial charge >= 0.3 is 5.97 Å². The number of carbonyl (C=O) groups excluding carboxylic acids is 1. The van der Waals surface area contributed by atoms with Gasteiger partial charge in [-0.1, -0.05) is 6.07 Å². The number of aliphatic hydroxyl groups excluding tert-OH is 1. The van der Waals surface area contributed by atoms with Crippen molar-refractivity contribution in [1.29, 1.82) is 0 Å². The molecule has 0 aliphatic rings. The van der Waals surface area contributed by atoms with Crippen LogP contribution in [0.15, 0.2) is 18.2 Å². The lowest BCUT2D eigenvalue weighted by Crippen LogP contribution is -2.30. The normalized spacial score (nSPS) is 11.9. The number of rotatable bonds is 5. The zero-order valence-corrected chi connectivity index (χ0v) is 10.3. The van der Waals surface area contributed by atoms with Crippen LogP contribution in [0.5, 0.6) is 0 Å². The molecule has 6 nitrogen and oxygen atoms in total. The summed E-state index contributed by atoms with van der Waals surface area (Å²) >= 11 is 0. The number of aromatic carboxylic acids is 1. The predicted molar refractivity (Wildman–Crippen MR) is 64.5 cm³/mol. The van der Waals surface area contributed by atoms with Gasteiger partial charge in [-0.2, -0.15) is 0 Å². The highest BCUT2D eigenvalue weighted by molar-refractivity contribution is 5.94. The third kappa shape index (κ3) is 3.81. The SMILES string of the molecule is CC(O)CCN(C)C(=O)c1cccc(C(=O)O)n1. The molecule has 1 unspecified atom stereocenters. The van der Waals surface area contributed by atoms with Gasteiger partial charge in [-0.15, -0.1) is 0 Å². The van der Waals surface area contributed by atoms with Gasteiger partial charge in [0.2, 0.25) is 0 Å². The maximum Gasteiger partial charge on any atom is 0.354 e. The lowest BCUT2D eigenvalue weighted by molar-refractivity contribution is 0.0690. The van der Waals surface area contributed by atoms with Gasteiger partial charge in [-0.3, -0.25) is 4.79 Å². The summed E-state index contributed by atoms with van der Waals surface area (Å²) < 4.78 is 0. The van der Waals surface area contributed by atoms with Gasteiger partial charge < -0.3 is 15.1 Å². The lowest BCUT2D eigenvalue weighted by Gasteiger charge is -2.17. The summed E-state index contributed by atoms with van der Waals surface area (Å²) in [6.07, 6.45) is -0.0283. The molecule has 1 heterocycles. The minimum atomic E-state index is -1.17. The molecule has 0 bridgehead atoms. The first-order chi connectivity index (χ1) is 8.41. The molecule has 0 saturated carbocycles. The largest absolute Gasteiger partial charge is 0.477 e. The Hall–Kier alpha value is -1.95. The van der Waals surface area contributed by atoms with Crippen LogP contribution in [0.2, 0.25) is 0 Å². The number of nitrogens with zero attached hydrogens (tertiary/aromatic N) is 2. The van der Waals surface area contributed by atoms with E-state index in [9.17, 15) is 9.59 Å². The molecule has 0 spiro atoms. The van der Waals surface area contributed by atoms with Gasteiger partial charge in [0.05, 0.1) is 6.10 Å². The summed E-state index contributed by atoms with van der Waals surface area (Å²) in [7, 11) is 1.58. The van der Waals surface area contributed by atoms with Crippen molar-refractivity contribution in [2.75, 3.05) is 13.6 Å². The third-order valence-corrected chi connectivity index (χ3v) is 2.42. The topological polar surface area (TPSA) is 90.7 Å². The molecule has 98 valence electrons. The molecule has 6 heteroatoms. The van der Waals surface area contributed by atoms with Crippen molar-refractivity contribution < 1.29 is 19.8 Å². The summed E-state index contributed by atoms with van der Waals surface area (Å²) in [4.78, 5) is 27.8. The van der Waals surface area contributed by atoms with Crippen LogP contribution < -0.4 is 0 Å². The Labute approximate surface area is 105 Å². The number of amides is 1. The Morgan fingerprint density at radius 2 is 2.00 bits per heavy atom. The van der Waals surface area contributed by atoms with E-state index < -0.39 is 12.1 Å². The third-order valence-electron chi connectivity index (χ3n) is 2.42. The van der Waals surface area contributed by atoms with Crippen LogP contribution in [-0.4, -0.2) is 51.7 Å². The quantitative estimate of drug-likeness (QED) is 0.801. The van der Waals surface area contributed by atoms with E-state index in [0.717, 1.165) is 0 Å². The van der Waals surface area contributed by atoms with Crippen molar-refractivity contribution in [2.45, 2.75) is 19.4 Å². The fourth-order valence-electron chi connectivity index (χ4n) is 1.35. The second-order valence-corrected chi connectivity index (χ2v) is 4.08. The van der Waals surface area contributed by atoms with Crippen LogP contribution in [0.3, 0.4) is 0 Å². The number of carbonyl (C=O) groups is 2. The number of aromatic nitrogens is 1. The molecule has 0 aliphatic carbocycles. The maximum atomic E-state index is 11.9. The fourth-order valence-corrected chi connectivity index (χ4v) is 1.35. The molecule has 18 heavy (non-hydrogen) atoms. The zero-order valence-electron chi connectivity index (χ0n) is 10.3. The van der Waals surface area contributed by atoms with E-state index in [1.165, 1.54) is 23.1 Å². The molecular formula is C12H16N2O4. The van der Waals surface area contributed by atoms with Gasteiger partial charge in [0, 0.05) is 13.6 Å². The minimum absolute atomic E-state index is 0.0861. The molecule has 0 aliphatic heterocycles. The second kappa shape index (κ2) is 6.11. The second-order valence-electron chi connectivity index (χ2n) is 4.08. The molecule has 1 rings (SSSR count). The van der Waals surface area contributed by atoms with Crippen LogP contribution in [0.4, 0.5) is 0 Å². The molecule has 1 amide bonds. The van der Waals surface area contributed by atoms with E-state index >= 15 is 0 Å². The first-order valence-corrected chi connectivity index (χ1v) is 5.55. The Morgan fingerprint density at radius 1 is 1.39 bits per heavy atom. The predicted octanol–water partition coefficient (Wildman–Crippen LogP) is 0.623. The highest BCUT2D eigenvalue weighted by Crippen LogP contribution is 2.04. The average Bonchev–Trinajstić information content (AvgIpc) is 2.35. The van der Waals surface area contributed by atoms with Gasteiger partial charge in [0.1, 0.15) is 11.4 Å². The maximum absolute atomic E-state index is 11.9. The number of hydrogen-bond donors (Lipinski definition) is 2. The van der Waals surface area contributed by atoms with Gasteiger partial charge in [0.15, 0.2) is 0 Å². The average molecular weight is 252 g/mol. The molecule has 0 fully saturated rings. The van der Waals surface area contributed by atoms with Crippen LogP contribution in [0.25, 0.3) is 0 Å². The first kappa shape index (κ1) is 14.1. The van der Waals surface area contributed by atoms with Gasteiger partial charge in [-0.25, -0.2) is 9.78 Å². The number of aliphatic hydroxyl groups is 1. The molecule has 1 aromatic rings. The molecule has 1 atom stereocenters. The van der Waals surface area contributed by atoms with Crippen molar-refractivity contribution in [1.82, 2.24) is 9.88 Å². The fraction of sp³-hybridized carbons (Fsp3) is 0.417. The summed E-state index contributed by atoms with van der Waals surface area (Å²) in [5.41, 5.74) is -0.0761. The summed E-state index contributed by atoms with van der Waals surface area (Å²) in [6, 6.07) is 4.27. The van der Waals surface area contributed by atoms with E-state index in [1.54, 1.807) is 14.0 Å². The van der Waals surface area contributed by atoms with Crippen molar-refractivity contribution in [3.05, 3.63) is 29.6 Å². The first-order valence-electron chi connectivity index (χ1n) is 5.55. The zero-order chi connectivity index (χ0) is 13.7. The standard InChI is InChI=1S/C12H16N2O4/c1-8(15)6-7-14(2)11(16)9-4-3-5-10(13-9)12(17)18/h3-5,8,15H,6-7H2,1-2H3,(H,17,18). The summed E-state index contributed by atoms with van der Waals surface area (Å²) in [5.74, 6) is -1.53. The van der Waals surface area contributed by atoms with E-state index in [2.05, 4.69) is 4.98 Å². The van der Waals surface area contributed by atoms with Crippen LogP contribution in [0.1, 0.15) is 34.3 Å². The van der Waals surface area contributed by atoms with Gasteiger partial charge in [-0.05, 0) is 25.5 Å². The molecule has 0 radical (unpaired) electrons. The monoisotopic (exact) mass is 252 g/mol. The van der Waals surface area contributed by atoms with Crippen LogP contribution >= 0.6 is 0 Å².